The van der Waals surface area contributed by atoms with E-state index in [4.69, 9.17) is 5.11 Å². The number of carboxylic acids is 1. The van der Waals surface area contributed by atoms with Crippen LogP contribution in [0, 0.1) is 0 Å². The van der Waals surface area contributed by atoms with Crippen LogP contribution in [0.2, 0.25) is 0 Å². The van der Waals surface area contributed by atoms with Crippen molar-refractivity contribution >= 4 is 21.7 Å². The molecule has 0 spiro atoms. The standard InChI is InChI=1S/C11H11N3O4S/c1-14-10(6-7-12-14)19(17,18)13-9-5-3-2-4-8(9)11(15)16/h2-7,13H,1H3,(H,15,16). The molecule has 7 nitrogen and oxygen atoms in total. The predicted octanol–water partition coefficient (Wildman–Crippen LogP) is 0.919. The fourth-order valence-electron chi connectivity index (χ4n) is 1.58. The van der Waals surface area contributed by atoms with Crippen molar-refractivity contribution in [3.05, 3.63) is 42.1 Å². The normalized spacial score (nSPS) is 11.2. The summed E-state index contributed by atoms with van der Waals surface area (Å²) in [6.45, 7) is 0. The average molecular weight is 281 g/mol. The van der Waals surface area contributed by atoms with E-state index in [1.165, 1.54) is 42.2 Å². The smallest absolute Gasteiger partial charge is 0.337 e. The first-order chi connectivity index (χ1) is 8.92. The van der Waals surface area contributed by atoms with Gasteiger partial charge in [0.2, 0.25) is 0 Å². The number of rotatable bonds is 4. The van der Waals surface area contributed by atoms with Gasteiger partial charge in [-0.1, -0.05) is 12.1 Å². The molecule has 0 aliphatic rings. The number of carbonyl (C=O) groups is 1. The summed E-state index contributed by atoms with van der Waals surface area (Å²) in [4.78, 5) is 11.0. The summed E-state index contributed by atoms with van der Waals surface area (Å²) in [5.41, 5.74) is -0.107. The van der Waals surface area contributed by atoms with Crippen molar-refractivity contribution in [2.45, 2.75) is 5.03 Å². The molecule has 0 amide bonds. The predicted molar refractivity (Wildman–Crippen MR) is 67.4 cm³/mol. The van der Waals surface area contributed by atoms with E-state index in [0.29, 0.717) is 0 Å². The van der Waals surface area contributed by atoms with Crippen molar-refractivity contribution in [3.63, 3.8) is 0 Å². The van der Waals surface area contributed by atoms with E-state index in [0.717, 1.165) is 0 Å². The number of nitrogens with one attached hydrogen (secondary N) is 1. The van der Waals surface area contributed by atoms with Gasteiger partial charge in [0.15, 0.2) is 5.03 Å². The van der Waals surface area contributed by atoms with Gasteiger partial charge < -0.3 is 5.11 Å². The Kier molecular flexibility index (Phi) is 3.26. The molecule has 0 aliphatic carbocycles. The molecule has 0 unspecified atom stereocenters. The molecular weight excluding hydrogens is 270 g/mol. The maximum atomic E-state index is 12.1. The highest BCUT2D eigenvalue weighted by Gasteiger charge is 2.20. The second kappa shape index (κ2) is 4.73. The van der Waals surface area contributed by atoms with Gasteiger partial charge in [0.05, 0.1) is 17.4 Å². The lowest BCUT2D eigenvalue weighted by atomic mass is 10.2. The number of aryl methyl sites for hydroxylation is 1. The molecule has 19 heavy (non-hydrogen) atoms. The van der Waals surface area contributed by atoms with E-state index in [9.17, 15) is 13.2 Å². The summed E-state index contributed by atoms with van der Waals surface area (Å²) in [7, 11) is -2.39. The number of anilines is 1. The van der Waals surface area contributed by atoms with Crippen molar-refractivity contribution in [3.8, 4) is 0 Å². The van der Waals surface area contributed by atoms with Gasteiger partial charge in [-0.25, -0.2) is 4.79 Å². The number of benzene rings is 1. The topological polar surface area (TPSA) is 101 Å². The van der Waals surface area contributed by atoms with Crippen molar-refractivity contribution in [2.24, 2.45) is 7.05 Å². The molecular formula is C11H11N3O4S. The summed E-state index contributed by atoms with van der Waals surface area (Å²) in [5, 5.41) is 12.7. The van der Waals surface area contributed by atoms with Crippen LogP contribution in [-0.4, -0.2) is 29.3 Å². The summed E-state index contributed by atoms with van der Waals surface area (Å²) >= 11 is 0. The number of hydrogen-bond donors (Lipinski definition) is 2. The lowest BCUT2D eigenvalue weighted by Crippen LogP contribution is -2.18. The minimum atomic E-state index is -3.87. The van der Waals surface area contributed by atoms with Crippen LogP contribution in [0.1, 0.15) is 10.4 Å². The van der Waals surface area contributed by atoms with Crippen LogP contribution < -0.4 is 4.72 Å². The molecule has 0 radical (unpaired) electrons. The molecule has 2 N–H and O–H groups in total. The Labute approximate surface area is 109 Å². The molecule has 1 aromatic heterocycles. The first kappa shape index (κ1) is 13.1. The van der Waals surface area contributed by atoms with Crippen molar-refractivity contribution in [1.82, 2.24) is 9.78 Å². The summed E-state index contributed by atoms with van der Waals surface area (Å²) in [6.07, 6.45) is 1.34. The number of aromatic nitrogens is 2. The summed E-state index contributed by atoms with van der Waals surface area (Å²) in [5.74, 6) is -1.21. The van der Waals surface area contributed by atoms with Crippen molar-refractivity contribution < 1.29 is 18.3 Å². The summed E-state index contributed by atoms with van der Waals surface area (Å²) in [6, 6.07) is 7.10. The third-order valence-electron chi connectivity index (χ3n) is 2.45. The minimum absolute atomic E-state index is 0.0104. The molecule has 2 rings (SSSR count). The molecule has 0 bridgehead atoms. The van der Waals surface area contributed by atoms with Gasteiger partial charge in [-0.05, 0) is 18.2 Å². The molecule has 0 aliphatic heterocycles. The molecule has 1 aromatic carbocycles. The van der Waals surface area contributed by atoms with Crippen LogP contribution in [0.25, 0.3) is 0 Å². The van der Waals surface area contributed by atoms with Gasteiger partial charge in [0, 0.05) is 7.05 Å². The van der Waals surface area contributed by atoms with Gasteiger partial charge in [0.25, 0.3) is 10.0 Å². The molecule has 0 saturated carbocycles. The Balaban J connectivity index is 2.42. The number of hydrogen-bond acceptors (Lipinski definition) is 4. The Bertz CT molecular complexity index is 721. The van der Waals surface area contributed by atoms with E-state index >= 15 is 0 Å². The monoisotopic (exact) mass is 281 g/mol. The maximum Gasteiger partial charge on any atom is 0.337 e. The third-order valence-corrected chi connectivity index (χ3v) is 3.89. The Morgan fingerprint density at radius 1 is 1.32 bits per heavy atom. The second-order valence-corrected chi connectivity index (χ2v) is 5.38. The first-order valence-electron chi connectivity index (χ1n) is 5.25. The molecule has 2 aromatic rings. The van der Waals surface area contributed by atoms with E-state index in [1.54, 1.807) is 6.07 Å². The maximum absolute atomic E-state index is 12.1. The minimum Gasteiger partial charge on any atom is -0.478 e. The first-order valence-corrected chi connectivity index (χ1v) is 6.73. The second-order valence-electron chi connectivity index (χ2n) is 3.75. The lowest BCUT2D eigenvalue weighted by molar-refractivity contribution is 0.0698. The van der Waals surface area contributed by atoms with Gasteiger partial charge >= 0.3 is 5.97 Å². The number of sulfonamides is 1. The Hall–Kier alpha value is -2.35. The molecule has 0 atom stereocenters. The zero-order valence-electron chi connectivity index (χ0n) is 9.94. The van der Waals surface area contributed by atoms with Gasteiger partial charge in [-0.15, -0.1) is 0 Å². The number of carboxylic acid groups (broad SMARTS) is 1. The van der Waals surface area contributed by atoms with Gasteiger partial charge in [-0.3, -0.25) is 9.40 Å². The van der Waals surface area contributed by atoms with Crippen LogP contribution in [0.5, 0.6) is 0 Å². The Morgan fingerprint density at radius 3 is 2.58 bits per heavy atom. The average Bonchev–Trinajstić information content (AvgIpc) is 2.76. The molecule has 0 saturated heterocycles. The van der Waals surface area contributed by atoms with Crippen molar-refractivity contribution in [1.29, 1.82) is 0 Å². The molecule has 1 heterocycles. The van der Waals surface area contributed by atoms with E-state index in [2.05, 4.69) is 9.82 Å². The Morgan fingerprint density at radius 2 is 2.00 bits per heavy atom. The number of aromatic carboxylic acids is 1. The fraction of sp³-hybridized carbons (Fsp3) is 0.0909. The zero-order valence-corrected chi connectivity index (χ0v) is 10.8. The van der Waals surface area contributed by atoms with Crippen LogP contribution in [-0.2, 0) is 17.1 Å². The highest BCUT2D eigenvalue weighted by atomic mass is 32.2. The fourth-order valence-corrected chi connectivity index (χ4v) is 2.79. The highest BCUT2D eigenvalue weighted by molar-refractivity contribution is 7.92. The molecule has 100 valence electrons. The van der Waals surface area contributed by atoms with Crippen molar-refractivity contribution in [2.75, 3.05) is 4.72 Å². The van der Waals surface area contributed by atoms with Crippen LogP contribution in [0.15, 0.2) is 41.6 Å². The van der Waals surface area contributed by atoms with E-state index in [-0.39, 0.29) is 16.3 Å². The zero-order chi connectivity index (χ0) is 14.0. The number of nitrogens with zero attached hydrogens (tertiary/aromatic N) is 2. The number of para-hydroxylation sites is 1. The largest absolute Gasteiger partial charge is 0.478 e. The molecule has 8 heteroatoms. The van der Waals surface area contributed by atoms with Crippen LogP contribution in [0.4, 0.5) is 5.69 Å². The van der Waals surface area contributed by atoms with E-state index in [1.807, 2.05) is 0 Å². The quantitative estimate of drug-likeness (QED) is 0.867. The molecule has 0 fully saturated rings. The van der Waals surface area contributed by atoms with Gasteiger partial charge in [0.1, 0.15) is 0 Å². The van der Waals surface area contributed by atoms with E-state index < -0.39 is 16.0 Å². The van der Waals surface area contributed by atoms with Crippen LogP contribution >= 0.6 is 0 Å². The van der Waals surface area contributed by atoms with Crippen LogP contribution in [0.3, 0.4) is 0 Å². The van der Waals surface area contributed by atoms with Gasteiger partial charge in [-0.2, -0.15) is 13.5 Å². The third kappa shape index (κ3) is 2.58. The summed E-state index contributed by atoms with van der Waals surface area (Å²) < 4.78 is 27.6. The highest BCUT2D eigenvalue weighted by Crippen LogP contribution is 2.19. The SMILES string of the molecule is Cn1nccc1S(=O)(=O)Nc1ccccc1C(=O)O. The lowest BCUT2D eigenvalue weighted by Gasteiger charge is -2.10.